The fourth-order valence-electron chi connectivity index (χ4n) is 1.53. The minimum absolute atomic E-state index is 0.348. The first-order valence-corrected chi connectivity index (χ1v) is 4.28. The van der Waals surface area contributed by atoms with E-state index in [-0.39, 0.29) is 0 Å². The second-order valence-corrected chi connectivity index (χ2v) is 3.12. The maximum absolute atomic E-state index is 9.64. The van der Waals surface area contributed by atoms with Crippen LogP contribution in [0.2, 0.25) is 0 Å². The van der Waals surface area contributed by atoms with Crippen LogP contribution in [0.25, 0.3) is 10.8 Å². The van der Waals surface area contributed by atoms with Crippen LogP contribution in [0, 0.1) is 6.92 Å². The number of fused-ring (bicyclic) bond motifs is 1. The molecular formula is C10H11N3O. The molecule has 0 saturated carbocycles. The fourth-order valence-corrected chi connectivity index (χ4v) is 1.53. The van der Waals surface area contributed by atoms with Crippen molar-refractivity contribution < 1.29 is 5.21 Å². The first-order valence-electron chi connectivity index (χ1n) is 4.28. The molecule has 0 spiro atoms. The number of nitrogens with two attached hydrogens (primary N) is 1. The fraction of sp³-hybridized carbons (Fsp3) is 0.100. The van der Waals surface area contributed by atoms with Crippen LogP contribution in [0.5, 0.6) is 0 Å². The molecule has 0 aliphatic rings. The van der Waals surface area contributed by atoms with Crippen molar-refractivity contribution in [1.29, 1.82) is 0 Å². The molecule has 0 unspecified atom stereocenters. The number of nitrogens with zero attached hydrogens (tertiary/aromatic N) is 2. The van der Waals surface area contributed by atoms with Crippen LogP contribution in [0.15, 0.2) is 35.4 Å². The second-order valence-electron chi connectivity index (χ2n) is 3.12. The summed E-state index contributed by atoms with van der Waals surface area (Å²) in [7, 11) is 0. The molecule has 1 heterocycles. The summed E-state index contributed by atoms with van der Waals surface area (Å²) >= 11 is 0. The zero-order valence-electron chi connectivity index (χ0n) is 7.81. The molecule has 0 bridgehead atoms. The van der Waals surface area contributed by atoms with E-state index in [1.165, 1.54) is 0 Å². The van der Waals surface area contributed by atoms with Crippen LogP contribution in [-0.4, -0.2) is 9.94 Å². The van der Waals surface area contributed by atoms with Crippen LogP contribution in [0.4, 0.5) is 0 Å². The molecule has 0 atom stereocenters. The van der Waals surface area contributed by atoms with E-state index in [2.05, 4.69) is 5.10 Å². The van der Waals surface area contributed by atoms with Crippen molar-refractivity contribution in [3.63, 3.8) is 0 Å². The summed E-state index contributed by atoms with van der Waals surface area (Å²) in [6.45, 7) is 1.82. The normalized spacial score (nSPS) is 12.2. The lowest BCUT2D eigenvalue weighted by molar-refractivity contribution is 0.166. The predicted octanol–water partition coefficient (Wildman–Crippen LogP) is 0.961. The maximum atomic E-state index is 9.64. The van der Waals surface area contributed by atoms with Gasteiger partial charge in [-0.1, -0.05) is 24.3 Å². The number of hydrogen-bond donors (Lipinski definition) is 2. The van der Waals surface area contributed by atoms with Crippen LogP contribution in [-0.2, 0) is 0 Å². The van der Waals surface area contributed by atoms with Crippen molar-refractivity contribution in [2.45, 2.75) is 6.92 Å². The largest absolute Gasteiger partial charge is 0.427 e. The van der Waals surface area contributed by atoms with E-state index < -0.39 is 0 Å². The zero-order valence-corrected chi connectivity index (χ0v) is 7.81. The third-order valence-corrected chi connectivity index (χ3v) is 2.30. The van der Waals surface area contributed by atoms with Crippen LogP contribution >= 0.6 is 0 Å². The Kier molecular flexibility index (Phi) is 1.89. The Morgan fingerprint density at radius 1 is 1.36 bits per heavy atom. The summed E-state index contributed by atoms with van der Waals surface area (Å²) < 4.78 is 0.988. The second kappa shape index (κ2) is 3.06. The van der Waals surface area contributed by atoms with Gasteiger partial charge in [0.25, 0.3) is 0 Å². The van der Waals surface area contributed by atoms with Gasteiger partial charge in [-0.2, -0.15) is 9.83 Å². The lowest BCUT2D eigenvalue weighted by Gasteiger charge is -2.06. The molecule has 0 aliphatic heterocycles. The monoisotopic (exact) mass is 189 g/mol. The summed E-state index contributed by atoms with van der Waals surface area (Å²) in [5.41, 5.74) is 1.08. The van der Waals surface area contributed by atoms with Crippen LogP contribution in [0.3, 0.4) is 0 Å². The van der Waals surface area contributed by atoms with Gasteiger partial charge in [0.15, 0.2) is 5.49 Å². The van der Waals surface area contributed by atoms with Crippen molar-refractivity contribution in [2.75, 3.05) is 0 Å². The van der Waals surface area contributed by atoms with E-state index >= 15 is 0 Å². The Morgan fingerprint density at radius 3 is 2.79 bits per heavy atom. The van der Waals surface area contributed by atoms with E-state index in [9.17, 15) is 5.21 Å². The Morgan fingerprint density at radius 2 is 2.07 bits per heavy atom. The topological polar surface area (TPSA) is 63.5 Å². The van der Waals surface area contributed by atoms with Gasteiger partial charge in [-0.3, -0.25) is 0 Å². The minimum atomic E-state index is 0.348. The molecule has 0 fully saturated rings. The Bertz CT molecular complexity index is 543. The van der Waals surface area contributed by atoms with Gasteiger partial charge < -0.3 is 11.0 Å². The summed E-state index contributed by atoms with van der Waals surface area (Å²) in [5.74, 6) is 5.15. The smallest absolute Gasteiger partial charge is 0.187 e. The van der Waals surface area contributed by atoms with E-state index in [0.717, 1.165) is 21.2 Å². The third-order valence-electron chi connectivity index (χ3n) is 2.30. The third kappa shape index (κ3) is 1.12. The summed E-state index contributed by atoms with van der Waals surface area (Å²) in [6, 6.07) is 9.50. The lowest BCUT2D eigenvalue weighted by Crippen LogP contribution is -2.22. The standard InChI is InChI=1S/C10H11N3O/c1-7-9-5-3-2-4-8(9)6-10(12-11)13(7)14/h2-6,14H,11H2,1H3/b12-10+. The minimum Gasteiger partial charge on any atom is -0.427 e. The van der Waals surface area contributed by atoms with E-state index in [4.69, 9.17) is 5.84 Å². The quantitative estimate of drug-likeness (QED) is 0.368. The summed E-state index contributed by atoms with van der Waals surface area (Å²) in [5, 5.41) is 15.1. The highest BCUT2D eigenvalue weighted by Gasteiger charge is 2.02. The Hall–Kier alpha value is -1.97. The van der Waals surface area contributed by atoms with Crippen molar-refractivity contribution in [3.8, 4) is 0 Å². The van der Waals surface area contributed by atoms with Gasteiger partial charge in [-0.15, -0.1) is 0 Å². The molecule has 3 N–H and O–H groups in total. The van der Waals surface area contributed by atoms with Gasteiger partial charge in [-0.05, 0) is 18.4 Å². The van der Waals surface area contributed by atoms with Crippen LogP contribution in [0.1, 0.15) is 5.69 Å². The molecule has 1 aromatic heterocycles. The molecule has 2 rings (SSSR count). The molecule has 0 saturated heterocycles. The molecule has 72 valence electrons. The average molecular weight is 189 g/mol. The average Bonchev–Trinajstić information content (AvgIpc) is 2.23. The highest BCUT2D eigenvalue weighted by atomic mass is 16.5. The maximum Gasteiger partial charge on any atom is 0.187 e. The van der Waals surface area contributed by atoms with Gasteiger partial charge in [0.2, 0.25) is 0 Å². The molecule has 4 heteroatoms. The Balaban J connectivity index is 3.00. The van der Waals surface area contributed by atoms with Crippen LogP contribution < -0.4 is 11.3 Å². The number of rotatable bonds is 0. The SMILES string of the molecule is Cc1c2ccccc2c/c(=N\N)n1O. The van der Waals surface area contributed by atoms with Gasteiger partial charge >= 0.3 is 0 Å². The van der Waals surface area contributed by atoms with Gasteiger partial charge in [-0.25, -0.2) is 0 Å². The van der Waals surface area contributed by atoms with E-state index in [1.807, 2.05) is 31.2 Å². The number of aromatic nitrogens is 1. The van der Waals surface area contributed by atoms with Crippen molar-refractivity contribution in [2.24, 2.45) is 10.9 Å². The number of hydrogen-bond acceptors (Lipinski definition) is 3. The van der Waals surface area contributed by atoms with Crippen molar-refractivity contribution >= 4 is 10.8 Å². The molecule has 4 nitrogen and oxygen atoms in total. The molecule has 0 aliphatic carbocycles. The molecule has 0 amide bonds. The van der Waals surface area contributed by atoms with Gasteiger partial charge in [0.05, 0.1) is 5.69 Å². The highest BCUT2D eigenvalue weighted by Crippen LogP contribution is 2.14. The van der Waals surface area contributed by atoms with Gasteiger partial charge in [0.1, 0.15) is 0 Å². The molecule has 2 aromatic rings. The molecular weight excluding hydrogens is 178 g/mol. The first-order chi connectivity index (χ1) is 6.74. The predicted molar refractivity (Wildman–Crippen MR) is 53.6 cm³/mol. The van der Waals surface area contributed by atoms with Crippen molar-refractivity contribution in [3.05, 3.63) is 41.5 Å². The number of aryl methyl sites for hydroxylation is 1. The molecule has 0 radical (unpaired) electrons. The number of benzene rings is 1. The molecule has 1 aromatic carbocycles. The van der Waals surface area contributed by atoms with Crippen molar-refractivity contribution in [1.82, 2.24) is 4.73 Å². The lowest BCUT2D eigenvalue weighted by atomic mass is 10.1. The van der Waals surface area contributed by atoms with E-state index in [1.54, 1.807) is 6.07 Å². The summed E-state index contributed by atoms with van der Waals surface area (Å²) in [4.78, 5) is 0. The first kappa shape index (κ1) is 8.62. The summed E-state index contributed by atoms with van der Waals surface area (Å²) in [6.07, 6.45) is 0. The Labute approximate surface area is 80.9 Å². The number of pyridine rings is 1. The molecule has 14 heavy (non-hydrogen) atoms. The van der Waals surface area contributed by atoms with Gasteiger partial charge in [0, 0.05) is 5.39 Å². The highest BCUT2D eigenvalue weighted by molar-refractivity contribution is 5.84. The van der Waals surface area contributed by atoms with E-state index in [0.29, 0.717) is 5.49 Å². The zero-order chi connectivity index (χ0) is 10.1.